The topological polar surface area (TPSA) is 47.1 Å². The van der Waals surface area contributed by atoms with E-state index in [-0.39, 0.29) is 0 Å². The van der Waals surface area contributed by atoms with Crippen LogP contribution in [0.3, 0.4) is 0 Å². The zero-order valence-corrected chi connectivity index (χ0v) is 13.2. The Morgan fingerprint density at radius 2 is 2.00 bits per heavy atom. The van der Waals surface area contributed by atoms with Crippen molar-refractivity contribution in [3.63, 3.8) is 0 Å². The van der Waals surface area contributed by atoms with Crippen LogP contribution in [-0.4, -0.2) is 34.1 Å². The summed E-state index contributed by atoms with van der Waals surface area (Å²) < 4.78 is 2.38. The third-order valence-corrected chi connectivity index (χ3v) is 4.43. The minimum absolute atomic E-state index is 0.437. The van der Waals surface area contributed by atoms with Crippen LogP contribution in [0.2, 0.25) is 0 Å². The number of imidazole rings is 1. The first kappa shape index (κ1) is 14.5. The average molecular weight is 286 g/mol. The summed E-state index contributed by atoms with van der Waals surface area (Å²) in [5, 5.41) is 0. The van der Waals surface area contributed by atoms with Crippen LogP contribution in [0.15, 0.2) is 18.2 Å². The minimum Gasteiger partial charge on any atom is -0.326 e. The molecule has 0 radical (unpaired) electrons. The maximum atomic E-state index is 5.75. The van der Waals surface area contributed by atoms with Crippen molar-refractivity contribution in [2.24, 2.45) is 5.73 Å². The van der Waals surface area contributed by atoms with Gasteiger partial charge in [0.1, 0.15) is 5.82 Å². The predicted octanol–water partition coefficient (Wildman–Crippen LogP) is 2.71. The molecule has 1 aliphatic heterocycles. The van der Waals surface area contributed by atoms with E-state index in [1.165, 1.54) is 37.3 Å². The van der Waals surface area contributed by atoms with Crippen LogP contribution in [0.25, 0.3) is 11.0 Å². The summed E-state index contributed by atoms with van der Waals surface area (Å²) >= 11 is 0. The third kappa shape index (κ3) is 2.97. The van der Waals surface area contributed by atoms with Gasteiger partial charge in [-0.2, -0.15) is 0 Å². The molecule has 4 nitrogen and oxygen atoms in total. The molecule has 21 heavy (non-hydrogen) atoms. The number of rotatable bonds is 5. The van der Waals surface area contributed by atoms with Gasteiger partial charge in [-0.3, -0.25) is 0 Å². The molecule has 1 aromatic heterocycles. The molecule has 2 aromatic rings. The molecule has 1 aromatic carbocycles. The first-order valence-electron chi connectivity index (χ1n) is 8.11. The first-order valence-corrected chi connectivity index (χ1v) is 8.11. The molecule has 0 amide bonds. The SMILES string of the molecule is CC(C)n1c(CCN2CCCC2)nc2cc(CN)ccc21. The van der Waals surface area contributed by atoms with E-state index in [1.54, 1.807) is 0 Å². The van der Waals surface area contributed by atoms with Gasteiger partial charge in [0.25, 0.3) is 0 Å². The average Bonchev–Trinajstić information content (AvgIpc) is 3.10. The number of likely N-dealkylation sites (tertiary alicyclic amines) is 1. The number of fused-ring (bicyclic) bond motifs is 1. The predicted molar refractivity (Wildman–Crippen MR) is 87.4 cm³/mol. The summed E-state index contributed by atoms with van der Waals surface area (Å²) in [4.78, 5) is 7.44. The van der Waals surface area contributed by atoms with Crippen molar-refractivity contribution < 1.29 is 0 Å². The Morgan fingerprint density at radius 1 is 1.24 bits per heavy atom. The van der Waals surface area contributed by atoms with E-state index >= 15 is 0 Å². The molecule has 0 bridgehead atoms. The standard InChI is InChI=1S/C17H26N4/c1-13(2)21-16-6-5-14(12-18)11-15(16)19-17(21)7-10-20-8-3-4-9-20/h5-6,11,13H,3-4,7-10,12,18H2,1-2H3. The minimum atomic E-state index is 0.437. The summed E-state index contributed by atoms with van der Waals surface area (Å²) in [6.07, 6.45) is 3.73. The Hall–Kier alpha value is -1.39. The summed E-state index contributed by atoms with van der Waals surface area (Å²) in [5.41, 5.74) is 9.22. The monoisotopic (exact) mass is 286 g/mol. The molecule has 1 fully saturated rings. The van der Waals surface area contributed by atoms with Gasteiger partial charge >= 0.3 is 0 Å². The number of hydrogen-bond donors (Lipinski definition) is 1. The molecular formula is C17H26N4. The molecule has 4 heteroatoms. The van der Waals surface area contributed by atoms with Gasteiger partial charge in [0, 0.05) is 25.6 Å². The van der Waals surface area contributed by atoms with E-state index in [4.69, 9.17) is 10.7 Å². The number of aromatic nitrogens is 2. The Morgan fingerprint density at radius 3 is 2.67 bits per heavy atom. The fraction of sp³-hybridized carbons (Fsp3) is 0.588. The van der Waals surface area contributed by atoms with E-state index in [9.17, 15) is 0 Å². The highest BCUT2D eigenvalue weighted by atomic mass is 15.2. The highest BCUT2D eigenvalue weighted by Crippen LogP contribution is 2.23. The molecule has 0 saturated carbocycles. The summed E-state index contributed by atoms with van der Waals surface area (Å²) in [7, 11) is 0. The quantitative estimate of drug-likeness (QED) is 0.919. The van der Waals surface area contributed by atoms with Gasteiger partial charge in [0.15, 0.2) is 0 Å². The fourth-order valence-corrected chi connectivity index (χ4v) is 3.34. The van der Waals surface area contributed by atoms with E-state index in [0.717, 1.165) is 24.0 Å². The molecule has 0 spiro atoms. The molecule has 2 heterocycles. The lowest BCUT2D eigenvalue weighted by Crippen LogP contribution is -2.23. The lowest BCUT2D eigenvalue weighted by Gasteiger charge is -2.17. The van der Waals surface area contributed by atoms with Gasteiger partial charge in [-0.15, -0.1) is 0 Å². The van der Waals surface area contributed by atoms with Gasteiger partial charge in [0.05, 0.1) is 11.0 Å². The van der Waals surface area contributed by atoms with Crippen LogP contribution in [0.1, 0.15) is 44.1 Å². The van der Waals surface area contributed by atoms with Crippen LogP contribution < -0.4 is 5.73 Å². The molecule has 0 unspecified atom stereocenters. The Kier molecular flexibility index (Phi) is 4.27. The molecule has 2 N–H and O–H groups in total. The smallest absolute Gasteiger partial charge is 0.111 e. The molecule has 114 valence electrons. The molecule has 1 aliphatic rings. The highest BCUT2D eigenvalue weighted by molar-refractivity contribution is 5.77. The van der Waals surface area contributed by atoms with Crippen LogP contribution in [0.5, 0.6) is 0 Å². The van der Waals surface area contributed by atoms with Gasteiger partial charge in [-0.1, -0.05) is 6.07 Å². The number of nitrogens with zero attached hydrogens (tertiary/aromatic N) is 3. The van der Waals surface area contributed by atoms with Gasteiger partial charge in [-0.05, 0) is 57.5 Å². The molecule has 3 rings (SSSR count). The second-order valence-electron chi connectivity index (χ2n) is 6.32. The van der Waals surface area contributed by atoms with Crippen molar-refractivity contribution in [3.05, 3.63) is 29.6 Å². The zero-order valence-electron chi connectivity index (χ0n) is 13.2. The van der Waals surface area contributed by atoms with E-state index in [1.807, 2.05) is 0 Å². The van der Waals surface area contributed by atoms with Gasteiger partial charge in [-0.25, -0.2) is 4.98 Å². The Labute approximate surface area is 126 Å². The Balaban J connectivity index is 1.90. The van der Waals surface area contributed by atoms with E-state index in [2.05, 4.69) is 41.5 Å². The number of nitrogens with two attached hydrogens (primary N) is 1. The zero-order chi connectivity index (χ0) is 14.8. The molecule has 0 atom stereocenters. The van der Waals surface area contributed by atoms with Crippen LogP contribution in [0.4, 0.5) is 0 Å². The third-order valence-electron chi connectivity index (χ3n) is 4.43. The summed E-state index contributed by atoms with van der Waals surface area (Å²) in [6.45, 7) is 8.67. The van der Waals surface area contributed by atoms with Crippen molar-refractivity contribution in [3.8, 4) is 0 Å². The maximum absolute atomic E-state index is 5.75. The lowest BCUT2D eigenvalue weighted by atomic mass is 10.2. The van der Waals surface area contributed by atoms with E-state index < -0.39 is 0 Å². The first-order chi connectivity index (χ1) is 10.2. The van der Waals surface area contributed by atoms with Crippen molar-refractivity contribution in [2.45, 2.75) is 45.7 Å². The van der Waals surface area contributed by atoms with Gasteiger partial charge in [0.2, 0.25) is 0 Å². The van der Waals surface area contributed by atoms with Crippen LogP contribution >= 0.6 is 0 Å². The molecule has 0 aliphatic carbocycles. The highest BCUT2D eigenvalue weighted by Gasteiger charge is 2.16. The normalized spacial score (nSPS) is 16.4. The second kappa shape index (κ2) is 6.16. The van der Waals surface area contributed by atoms with Crippen molar-refractivity contribution in [1.82, 2.24) is 14.5 Å². The van der Waals surface area contributed by atoms with Gasteiger partial charge < -0.3 is 15.2 Å². The maximum Gasteiger partial charge on any atom is 0.111 e. The molecule has 1 saturated heterocycles. The van der Waals surface area contributed by atoms with Crippen molar-refractivity contribution in [2.75, 3.05) is 19.6 Å². The number of hydrogen-bond acceptors (Lipinski definition) is 3. The molecular weight excluding hydrogens is 260 g/mol. The lowest BCUT2D eigenvalue weighted by molar-refractivity contribution is 0.338. The second-order valence-corrected chi connectivity index (χ2v) is 6.32. The van der Waals surface area contributed by atoms with Crippen molar-refractivity contribution >= 4 is 11.0 Å². The van der Waals surface area contributed by atoms with Crippen LogP contribution in [-0.2, 0) is 13.0 Å². The van der Waals surface area contributed by atoms with Crippen molar-refractivity contribution in [1.29, 1.82) is 0 Å². The Bertz CT molecular complexity index is 609. The summed E-state index contributed by atoms with van der Waals surface area (Å²) in [5.74, 6) is 1.21. The summed E-state index contributed by atoms with van der Waals surface area (Å²) in [6, 6.07) is 6.86. The fourth-order valence-electron chi connectivity index (χ4n) is 3.34. The number of benzene rings is 1. The van der Waals surface area contributed by atoms with Crippen LogP contribution in [0, 0.1) is 0 Å². The van der Waals surface area contributed by atoms with E-state index in [0.29, 0.717) is 12.6 Å². The largest absolute Gasteiger partial charge is 0.326 e.